The molecule has 23 heavy (non-hydrogen) atoms. The number of aliphatic carboxylic acids is 1. The first-order valence-corrected chi connectivity index (χ1v) is 7.35. The molecule has 2 aromatic rings. The zero-order valence-electron chi connectivity index (χ0n) is 12.1. The Kier molecular flexibility index (Phi) is 5.20. The van der Waals surface area contributed by atoms with Crippen molar-refractivity contribution in [2.24, 2.45) is 0 Å². The van der Waals surface area contributed by atoms with Gasteiger partial charge in [-0.2, -0.15) is 13.2 Å². The van der Waals surface area contributed by atoms with Gasteiger partial charge in [0.2, 0.25) is 0 Å². The lowest BCUT2D eigenvalue weighted by Crippen LogP contribution is -2.12. The van der Waals surface area contributed by atoms with Gasteiger partial charge in [-0.25, -0.2) is 0 Å². The summed E-state index contributed by atoms with van der Waals surface area (Å²) in [5.74, 6) is -0.645. The molecule has 2 rings (SSSR count). The molecule has 0 aliphatic rings. The van der Waals surface area contributed by atoms with Gasteiger partial charge in [0.25, 0.3) is 0 Å². The average molecular weight is 342 g/mol. The molecule has 0 saturated heterocycles. The van der Waals surface area contributed by atoms with Gasteiger partial charge >= 0.3 is 12.1 Å². The van der Waals surface area contributed by atoms with Crippen molar-refractivity contribution in [1.82, 2.24) is 0 Å². The summed E-state index contributed by atoms with van der Waals surface area (Å²) in [5.41, 5.74) is -1.16. The maximum absolute atomic E-state index is 13.1. The van der Waals surface area contributed by atoms with Crippen LogP contribution in [-0.2, 0) is 17.4 Å². The normalized spacial score (nSPS) is 11.3. The maximum atomic E-state index is 13.1. The van der Waals surface area contributed by atoms with Gasteiger partial charge in [-0.15, -0.1) is 0 Å². The summed E-state index contributed by atoms with van der Waals surface area (Å²) in [4.78, 5) is 11.8. The van der Waals surface area contributed by atoms with Crippen molar-refractivity contribution in [3.63, 3.8) is 0 Å². The molecule has 3 nitrogen and oxygen atoms in total. The third-order valence-corrected chi connectivity index (χ3v) is 4.02. The van der Waals surface area contributed by atoms with Crippen LogP contribution in [0.25, 0.3) is 0 Å². The van der Waals surface area contributed by atoms with E-state index in [-0.39, 0.29) is 5.56 Å². The highest BCUT2D eigenvalue weighted by atomic mass is 32.2. The zero-order chi connectivity index (χ0) is 17.0. The van der Waals surface area contributed by atoms with Crippen molar-refractivity contribution < 1.29 is 27.8 Å². The van der Waals surface area contributed by atoms with Gasteiger partial charge in [0, 0.05) is 9.79 Å². The monoisotopic (exact) mass is 342 g/mol. The number of hydrogen-bond acceptors (Lipinski definition) is 3. The van der Waals surface area contributed by atoms with Crippen LogP contribution < -0.4 is 4.74 Å². The molecule has 0 amide bonds. The highest BCUT2D eigenvalue weighted by Crippen LogP contribution is 2.37. The summed E-state index contributed by atoms with van der Waals surface area (Å²) in [5, 5.41) is 8.73. The van der Waals surface area contributed by atoms with Crippen LogP contribution in [0.4, 0.5) is 13.2 Å². The largest absolute Gasteiger partial charge is 0.497 e. The number of carbonyl (C=O) groups is 1. The Labute approximate surface area is 135 Å². The van der Waals surface area contributed by atoms with Crippen LogP contribution in [0.5, 0.6) is 5.75 Å². The molecule has 7 heteroatoms. The van der Waals surface area contributed by atoms with E-state index in [1.807, 2.05) is 0 Å². The number of alkyl halides is 3. The number of benzene rings is 2. The minimum Gasteiger partial charge on any atom is -0.497 e. The van der Waals surface area contributed by atoms with E-state index in [0.29, 0.717) is 10.6 Å². The van der Waals surface area contributed by atoms with Crippen LogP contribution in [0.1, 0.15) is 11.1 Å². The molecule has 0 fully saturated rings. The predicted octanol–water partition coefficient (Wildman–Crippen LogP) is 4.49. The fraction of sp³-hybridized carbons (Fsp3) is 0.188. The van der Waals surface area contributed by atoms with Gasteiger partial charge in [-0.1, -0.05) is 17.8 Å². The van der Waals surface area contributed by atoms with Gasteiger partial charge in [0.15, 0.2) is 0 Å². The van der Waals surface area contributed by atoms with E-state index in [1.54, 1.807) is 24.3 Å². The second kappa shape index (κ2) is 6.95. The third-order valence-electron chi connectivity index (χ3n) is 3.02. The van der Waals surface area contributed by atoms with E-state index in [4.69, 9.17) is 9.84 Å². The smallest absolute Gasteiger partial charge is 0.416 e. The first kappa shape index (κ1) is 17.2. The molecule has 0 unspecified atom stereocenters. The Morgan fingerprint density at radius 2 is 1.74 bits per heavy atom. The molecule has 0 aromatic heterocycles. The molecular formula is C16H13F3O3S. The van der Waals surface area contributed by atoms with E-state index in [2.05, 4.69) is 0 Å². The molecule has 2 aromatic carbocycles. The number of rotatable bonds is 5. The van der Waals surface area contributed by atoms with E-state index in [1.165, 1.54) is 19.2 Å². The second-order valence-electron chi connectivity index (χ2n) is 4.66. The quantitative estimate of drug-likeness (QED) is 0.869. The predicted molar refractivity (Wildman–Crippen MR) is 79.9 cm³/mol. The topological polar surface area (TPSA) is 46.5 Å². The first-order valence-electron chi connectivity index (χ1n) is 6.53. The molecule has 0 bridgehead atoms. The fourth-order valence-electron chi connectivity index (χ4n) is 1.98. The van der Waals surface area contributed by atoms with Crippen LogP contribution in [-0.4, -0.2) is 18.2 Å². The molecule has 122 valence electrons. The Balaban J connectivity index is 2.30. The molecule has 0 saturated carbocycles. The van der Waals surface area contributed by atoms with Crippen molar-refractivity contribution in [2.45, 2.75) is 22.4 Å². The second-order valence-corrected chi connectivity index (χ2v) is 5.81. The Hall–Kier alpha value is -2.15. The molecule has 0 aliphatic heterocycles. The summed E-state index contributed by atoms with van der Waals surface area (Å²) in [7, 11) is 1.53. The molecular weight excluding hydrogens is 329 g/mol. The minimum atomic E-state index is -4.60. The SMILES string of the molecule is COc1ccc(Sc2ccc(CC(=O)O)c(C(F)(F)F)c2)cc1. The number of methoxy groups -OCH3 is 1. The van der Waals surface area contributed by atoms with Gasteiger partial charge < -0.3 is 9.84 Å². The summed E-state index contributed by atoms with van der Waals surface area (Å²) < 4.78 is 44.3. The highest BCUT2D eigenvalue weighted by Gasteiger charge is 2.34. The van der Waals surface area contributed by atoms with Gasteiger partial charge in [-0.3, -0.25) is 4.79 Å². The standard InChI is InChI=1S/C16H13F3O3S/c1-22-11-3-6-12(7-4-11)23-13-5-2-10(8-15(20)21)14(9-13)16(17,18)19/h2-7,9H,8H2,1H3,(H,20,21). The molecule has 0 atom stereocenters. The number of hydrogen-bond donors (Lipinski definition) is 1. The number of halogens is 3. The highest BCUT2D eigenvalue weighted by molar-refractivity contribution is 7.99. The van der Waals surface area contributed by atoms with E-state index in [9.17, 15) is 18.0 Å². The summed E-state index contributed by atoms with van der Waals surface area (Å²) in [6.07, 6.45) is -5.26. The third kappa shape index (κ3) is 4.66. The maximum Gasteiger partial charge on any atom is 0.416 e. The molecule has 1 N–H and O–H groups in total. The molecule has 0 aliphatic carbocycles. The van der Waals surface area contributed by atoms with E-state index in [0.717, 1.165) is 22.7 Å². The molecule has 0 heterocycles. The summed E-state index contributed by atoms with van der Waals surface area (Å²) in [6, 6.07) is 10.6. The van der Waals surface area contributed by atoms with Crippen LogP contribution in [0.15, 0.2) is 52.3 Å². The lowest BCUT2D eigenvalue weighted by Gasteiger charge is -2.13. The van der Waals surface area contributed by atoms with Crippen LogP contribution in [0.2, 0.25) is 0 Å². The van der Waals surface area contributed by atoms with E-state index >= 15 is 0 Å². The van der Waals surface area contributed by atoms with Crippen molar-refractivity contribution >= 4 is 17.7 Å². The lowest BCUT2D eigenvalue weighted by atomic mass is 10.0. The van der Waals surface area contributed by atoms with Crippen molar-refractivity contribution in [3.05, 3.63) is 53.6 Å². The Morgan fingerprint density at radius 1 is 1.13 bits per heavy atom. The van der Waals surface area contributed by atoms with Gasteiger partial charge in [0.05, 0.1) is 19.1 Å². The van der Waals surface area contributed by atoms with E-state index < -0.39 is 24.1 Å². The van der Waals surface area contributed by atoms with Crippen molar-refractivity contribution in [1.29, 1.82) is 0 Å². The number of carboxylic acid groups (broad SMARTS) is 1. The lowest BCUT2D eigenvalue weighted by molar-refractivity contribution is -0.139. The molecule has 0 spiro atoms. The molecule has 0 radical (unpaired) electrons. The minimum absolute atomic E-state index is 0.246. The summed E-state index contributed by atoms with van der Waals surface area (Å²) in [6.45, 7) is 0. The first-order chi connectivity index (χ1) is 10.8. The average Bonchev–Trinajstić information content (AvgIpc) is 2.48. The van der Waals surface area contributed by atoms with Gasteiger partial charge in [-0.05, 0) is 42.0 Å². The van der Waals surface area contributed by atoms with Crippen LogP contribution in [0, 0.1) is 0 Å². The number of carboxylic acids is 1. The fourth-order valence-corrected chi connectivity index (χ4v) is 2.84. The van der Waals surface area contributed by atoms with Gasteiger partial charge in [0.1, 0.15) is 5.75 Å². The van der Waals surface area contributed by atoms with Crippen LogP contribution in [0.3, 0.4) is 0 Å². The summed E-state index contributed by atoms with van der Waals surface area (Å²) >= 11 is 1.16. The van der Waals surface area contributed by atoms with Crippen LogP contribution >= 0.6 is 11.8 Å². The Bertz CT molecular complexity index is 697. The Morgan fingerprint density at radius 3 is 2.26 bits per heavy atom. The zero-order valence-corrected chi connectivity index (χ0v) is 12.9. The number of ether oxygens (including phenoxy) is 1. The van der Waals surface area contributed by atoms with Crippen molar-refractivity contribution in [3.8, 4) is 5.75 Å². The van der Waals surface area contributed by atoms with Crippen molar-refractivity contribution in [2.75, 3.05) is 7.11 Å².